The molecule has 2 aromatic rings. The largest absolute Gasteiger partial charge is 0.357 e. The third-order valence-corrected chi connectivity index (χ3v) is 7.38. The van der Waals surface area contributed by atoms with Crippen molar-refractivity contribution in [3.05, 3.63) is 63.1 Å². The fourth-order valence-corrected chi connectivity index (χ4v) is 4.96. The van der Waals surface area contributed by atoms with Gasteiger partial charge in [-0.25, -0.2) is 8.42 Å². The van der Waals surface area contributed by atoms with Crippen molar-refractivity contribution in [3.8, 4) is 0 Å². The number of hydrogen-bond donors (Lipinski definition) is 1. The van der Waals surface area contributed by atoms with Crippen molar-refractivity contribution in [1.82, 2.24) is 10.2 Å². The van der Waals surface area contributed by atoms with Gasteiger partial charge in [0.15, 0.2) is 0 Å². The lowest BCUT2D eigenvalue weighted by molar-refractivity contribution is -0.140. The van der Waals surface area contributed by atoms with E-state index in [0.717, 1.165) is 21.7 Å². The van der Waals surface area contributed by atoms with E-state index in [9.17, 15) is 18.0 Å². The molecule has 0 heterocycles. The Morgan fingerprint density at radius 1 is 1.06 bits per heavy atom. The Morgan fingerprint density at radius 2 is 1.64 bits per heavy atom. The van der Waals surface area contributed by atoms with Crippen molar-refractivity contribution < 1.29 is 18.0 Å². The zero-order valence-corrected chi connectivity index (χ0v) is 21.7. The first-order valence-corrected chi connectivity index (χ1v) is 13.0. The minimum Gasteiger partial charge on any atom is -0.357 e. The SMILES string of the molecule is CCC(C(=O)NC)N(Cc1c(Cl)cccc1Cl)C(=O)CN(c1cccc(C)c1C)S(C)(=O)=O. The molecule has 1 N–H and O–H groups in total. The number of rotatable bonds is 9. The van der Waals surface area contributed by atoms with Gasteiger partial charge in [-0.15, -0.1) is 0 Å². The first kappa shape index (κ1) is 27.0. The van der Waals surface area contributed by atoms with Gasteiger partial charge in [0.2, 0.25) is 21.8 Å². The fraction of sp³-hybridized carbons (Fsp3) is 0.391. The summed E-state index contributed by atoms with van der Waals surface area (Å²) in [6.07, 6.45) is 1.36. The predicted octanol–water partition coefficient (Wildman–Crippen LogP) is 3.93. The van der Waals surface area contributed by atoms with Crippen LogP contribution in [0.1, 0.15) is 30.0 Å². The highest BCUT2D eigenvalue weighted by Gasteiger charge is 2.32. The summed E-state index contributed by atoms with van der Waals surface area (Å²) < 4.78 is 26.4. The minimum absolute atomic E-state index is 0.0479. The standard InChI is InChI=1S/C23H29Cl2N3O4S/c1-6-20(23(30)26-4)27(13-17-18(24)10-8-11-19(17)25)22(29)14-28(33(5,31)32)21-12-7-9-15(2)16(21)3/h7-12,20H,6,13-14H2,1-5H3,(H,26,30). The van der Waals surface area contributed by atoms with Gasteiger partial charge in [-0.05, 0) is 49.6 Å². The average molecular weight is 514 g/mol. The number of nitrogens with zero attached hydrogens (tertiary/aromatic N) is 2. The fourth-order valence-electron chi connectivity index (χ4n) is 3.54. The van der Waals surface area contributed by atoms with Gasteiger partial charge in [0.25, 0.3) is 0 Å². The third kappa shape index (κ3) is 6.40. The van der Waals surface area contributed by atoms with Gasteiger partial charge in [-0.1, -0.05) is 48.3 Å². The molecule has 0 aliphatic carbocycles. The lowest BCUT2D eigenvalue weighted by Crippen LogP contribution is -2.51. The van der Waals surface area contributed by atoms with Crippen LogP contribution in [0.25, 0.3) is 0 Å². The van der Waals surface area contributed by atoms with Crippen molar-refractivity contribution in [2.45, 2.75) is 39.8 Å². The molecular weight excluding hydrogens is 485 g/mol. The molecule has 0 aromatic heterocycles. The maximum absolute atomic E-state index is 13.6. The zero-order chi connectivity index (χ0) is 24.9. The molecule has 0 bridgehead atoms. The average Bonchev–Trinajstić information content (AvgIpc) is 2.74. The molecule has 10 heteroatoms. The summed E-state index contributed by atoms with van der Waals surface area (Å²) in [5.41, 5.74) is 2.53. The molecule has 7 nitrogen and oxygen atoms in total. The normalized spacial score (nSPS) is 12.2. The van der Waals surface area contributed by atoms with Crippen LogP contribution in [-0.4, -0.2) is 51.0 Å². The smallest absolute Gasteiger partial charge is 0.244 e. The van der Waals surface area contributed by atoms with E-state index >= 15 is 0 Å². The molecular formula is C23H29Cl2N3O4S. The number of benzene rings is 2. The molecule has 0 aliphatic rings. The Kier molecular flexibility index (Phi) is 9.17. The number of aryl methyl sites for hydroxylation is 1. The topological polar surface area (TPSA) is 86.8 Å². The predicted molar refractivity (Wildman–Crippen MR) is 133 cm³/mol. The second-order valence-corrected chi connectivity index (χ2v) is 10.5. The second-order valence-electron chi connectivity index (χ2n) is 7.75. The number of hydrogen-bond acceptors (Lipinski definition) is 4. The third-order valence-electron chi connectivity index (χ3n) is 5.55. The van der Waals surface area contributed by atoms with Gasteiger partial charge in [-0.2, -0.15) is 0 Å². The molecule has 2 aromatic carbocycles. The number of sulfonamides is 1. The van der Waals surface area contributed by atoms with Crippen LogP contribution in [0.2, 0.25) is 10.0 Å². The van der Waals surface area contributed by atoms with Gasteiger partial charge in [0, 0.05) is 29.2 Å². The first-order valence-electron chi connectivity index (χ1n) is 10.4. The van der Waals surface area contributed by atoms with Crippen LogP contribution in [0.15, 0.2) is 36.4 Å². The van der Waals surface area contributed by atoms with E-state index in [1.165, 1.54) is 11.9 Å². The van der Waals surface area contributed by atoms with E-state index < -0.39 is 28.5 Å². The number of amides is 2. The van der Waals surface area contributed by atoms with E-state index in [2.05, 4.69) is 5.32 Å². The van der Waals surface area contributed by atoms with Crippen LogP contribution in [0.5, 0.6) is 0 Å². The molecule has 2 amide bonds. The number of likely N-dealkylation sites (N-methyl/N-ethyl adjacent to an activating group) is 1. The molecule has 0 spiro atoms. The molecule has 2 rings (SSSR count). The summed E-state index contributed by atoms with van der Waals surface area (Å²) in [6, 6.07) is 9.39. The number of carbonyl (C=O) groups excluding carboxylic acids is 2. The van der Waals surface area contributed by atoms with Crippen LogP contribution >= 0.6 is 23.2 Å². The molecule has 1 unspecified atom stereocenters. The quantitative estimate of drug-likeness (QED) is 0.550. The van der Waals surface area contributed by atoms with Crippen molar-refractivity contribution >= 4 is 50.7 Å². The zero-order valence-electron chi connectivity index (χ0n) is 19.4. The lowest BCUT2D eigenvalue weighted by Gasteiger charge is -2.33. The molecule has 0 fully saturated rings. The molecule has 0 saturated carbocycles. The summed E-state index contributed by atoms with van der Waals surface area (Å²) in [6.45, 7) is 4.92. The van der Waals surface area contributed by atoms with Crippen LogP contribution in [0, 0.1) is 13.8 Å². The van der Waals surface area contributed by atoms with Crippen LogP contribution < -0.4 is 9.62 Å². The number of carbonyl (C=O) groups is 2. The van der Waals surface area contributed by atoms with Crippen molar-refractivity contribution in [2.75, 3.05) is 24.2 Å². The number of halogens is 2. The number of nitrogens with one attached hydrogen (secondary N) is 1. The van der Waals surface area contributed by atoms with E-state index in [1.54, 1.807) is 44.2 Å². The molecule has 0 aliphatic heterocycles. The maximum Gasteiger partial charge on any atom is 0.244 e. The van der Waals surface area contributed by atoms with Crippen molar-refractivity contribution in [3.63, 3.8) is 0 Å². The van der Waals surface area contributed by atoms with E-state index in [-0.39, 0.29) is 12.5 Å². The summed E-state index contributed by atoms with van der Waals surface area (Å²) >= 11 is 12.6. The molecule has 0 saturated heterocycles. The summed E-state index contributed by atoms with van der Waals surface area (Å²) in [5, 5.41) is 3.26. The van der Waals surface area contributed by atoms with Gasteiger partial charge in [0.05, 0.1) is 11.9 Å². The Morgan fingerprint density at radius 3 is 2.15 bits per heavy atom. The van der Waals surface area contributed by atoms with Crippen molar-refractivity contribution in [1.29, 1.82) is 0 Å². The van der Waals surface area contributed by atoms with Crippen LogP contribution in [0.3, 0.4) is 0 Å². The summed E-state index contributed by atoms with van der Waals surface area (Å²) in [7, 11) is -2.32. The lowest BCUT2D eigenvalue weighted by atomic mass is 10.1. The summed E-state index contributed by atoms with van der Waals surface area (Å²) in [5.74, 6) is -0.917. The molecule has 180 valence electrons. The molecule has 33 heavy (non-hydrogen) atoms. The second kappa shape index (κ2) is 11.2. The Labute approximate surface area is 205 Å². The summed E-state index contributed by atoms with van der Waals surface area (Å²) in [4.78, 5) is 27.5. The first-order chi connectivity index (χ1) is 15.4. The van der Waals surface area contributed by atoms with E-state index in [1.807, 2.05) is 13.0 Å². The van der Waals surface area contributed by atoms with Gasteiger partial charge >= 0.3 is 0 Å². The van der Waals surface area contributed by atoms with E-state index in [0.29, 0.717) is 27.7 Å². The highest BCUT2D eigenvalue weighted by Crippen LogP contribution is 2.28. The monoisotopic (exact) mass is 513 g/mol. The number of anilines is 1. The van der Waals surface area contributed by atoms with Gasteiger partial charge in [0.1, 0.15) is 12.6 Å². The Balaban J connectivity index is 2.54. The Hall–Kier alpha value is -2.29. The van der Waals surface area contributed by atoms with Gasteiger partial charge < -0.3 is 10.2 Å². The van der Waals surface area contributed by atoms with Crippen LogP contribution in [-0.2, 0) is 26.2 Å². The molecule has 0 radical (unpaired) electrons. The van der Waals surface area contributed by atoms with Crippen molar-refractivity contribution in [2.24, 2.45) is 0 Å². The Bertz CT molecular complexity index is 1120. The molecule has 1 atom stereocenters. The highest BCUT2D eigenvalue weighted by atomic mass is 35.5. The minimum atomic E-state index is -3.80. The van der Waals surface area contributed by atoms with Crippen LogP contribution in [0.4, 0.5) is 5.69 Å². The van der Waals surface area contributed by atoms with Gasteiger partial charge in [-0.3, -0.25) is 13.9 Å². The van der Waals surface area contributed by atoms with E-state index in [4.69, 9.17) is 23.2 Å². The highest BCUT2D eigenvalue weighted by molar-refractivity contribution is 7.92. The maximum atomic E-state index is 13.6.